The summed E-state index contributed by atoms with van der Waals surface area (Å²) in [6.45, 7) is 1.04. The number of imide groups is 1. The van der Waals surface area contributed by atoms with Crippen LogP contribution < -0.4 is 10.6 Å². The molecule has 2 aromatic carbocycles. The molecule has 2 N–H and O–H groups in total. The number of rotatable bonds is 4. The molecule has 0 spiro atoms. The zero-order valence-electron chi connectivity index (χ0n) is 13.8. The third kappa shape index (κ3) is 3.25. The van der Waals surface area contributed by atoms with Gasteiger partial charge in [0.15, 0.2) is 0 Å². The van der Waals surface area contributed by atoms with E-state index < -0.39 is 35.7 Å². The summed E-state index contributed by atoms with van der Waals surface area (Å²) < 4.78 is 13.8. The second-order valence-corrected chi connectivity index (χ2v) is 6.42. The Morgan fingerprint density at radius 1 is 1.23 bits per heavy atom. The van der Waals surface area contributed by atoms with Gasteiger partial charge in [-0.1, -0.05) is 41.9 Å². The number of nitrogens with zero attached hydrogens (tertiary/aromatic N) is 1. The van der Waals surface area contributed by atoms with Gasteiger partial charge in [0.1, 0.15) is 17.9 Å². The van der Waals surface area contributed by atoms with Crippen LogP contribution in [0.1, 0.15) is 12.5 Å². The molecule has 2 aromatic rings. The van der Waals surface area contributed by atoms with Crippen LogP contribution in [-0.2, 0) is 15.1 Å². The molecular weight excluding hydrogens is 361 g/mol. The number of hydrogen-bond donors (Lipinski definition) is 2. The monoisotopic (exact) mass is 375 g/mol. The van der Waals surface area contributed by atoms with Crippen LogP contribution in [0.2, 0.25) is 5.02 Å². The van der Waals surface area contributed by atoms with Gasteiger partial charge in [-0.05, 0) is 30.7 Å². The van der Waals surface area contributed by atoms with E-state index in [1.54, 1.807) is 37.3 Å². The molecule has 0 bridgehead atoms. The van der Waals surface area contributed by atoms with Crippen molar-refractivity contribution in [1.29, 1.82) is 0 Å². The molecular formula is C18H15ClFN3O3. The van der Waals surface area contributed by atoms with Gasteiger partial charge in [-0.25, -0.2) is 9.18 Å². The quantitative estimate of drug-likeness (QED) is 0.806. The SMILES string of the molecule is C[C@]1(c2ccccc2)NC(=O)N(CC(=O)Nc2ccc(Cl)cc2F)C1=O. The Kier molecular flexibility index (Phi) is 4.65. The molecule has 1 aliphatic heterocycles. The molecule has 1 heterocycles. The molecule has 6 nitrogen and oxygen atoms in total. The van der Waals surface area contributed by atoms with Crippen LogP contribution in [0.15, 0.2) is 48.5 Å². The van der Waals surface area contributed by atoms with Crippen molar-refractivity contribution in [3.05, 3.63) is 64.9 Å². The highest BCUT2D eigenvalue weighted by Gasteiger charge is 2.49. The molecule has 3 rings (SSSR count). The second-order valence-electron chi connectivity index (χ2n) is 5.98. The average molecular weight is 376 g/mol. The molecule has 1 fully saturated rings. The molecule has 0 saturated carbocycles. The fraction of sp³-hybridized carbons (Fsp3) is 0.167. The fourth-order valence-electron chi connectivity index (χ4n) is 2.73. The van der Waals surface area contributed by atoms with Crippen molar-refractivity contribution in [3.8, 4) is 0 Å². The Morgan fingerprint density at radius 2 is 1.92 bits per heavy atom. The van der Waals surface area contributed by atoms with E-state index >= 15 is 0 Å². The molecule has 0 radical (unpaired) electrons. The van der Waals surface area contributed by atoms with Crippen molar-refractivity contribution >= 4 is 35.1 Å². The van der Waals surface area contributed by atoms with E-state index in [0.717, 1.165) is 11.0 Å². The Bertz CT molecular complexity index is 891. The van der Waals surface area contributed by atoms with Crippen LogP contribution in [0.4, 0.5) is 14.9 Å². The van der Waals surface area contributed by atoms with E-state index in [0.29, 0.717) is 5.56 Å². The summed E-state index contributed by atoms with van der Waals surface area (Å²) >= 11 is 5.66. The van der Waals surface area contributed by atoms with Gasteiger partial charge in [0.05, 0.1) is 5.69 Å². The maximum Gasteiger partial charge on any atom is 0.325 e. The van der Waals surface area contributed by atoms with Crippen LogP contribution in [0.3, 0.4) is 0 Å². The first-order valence-corrected chi connectivity index (χ1v) is 8.13. The molecule has 0 unspecified atom stereocenters. The summed E-state index contributed by atoms with van der Waals surface area (Å²) in [5.41, 5.74) is -0.744. The number of carbonyl (C=O) groups excluding carboxylic acids is 3. The molecule has 1 aliphatic rings. The minimum Gasteiger partial charge on any atom is -0.322 e. The Labute approximate surface area is 153 Å². The topological polar surface area (TPSA) is 78.5 Å². The number of carbonyl (C=O) groups is 3. The largest absolute Gasteiger partial charge is 0.325 e. The fourth-order valence-corrected chi connectivity index (χ4v) is 2.89. The maximum atomic E-state index is 13.8. The van der Waals surface area contributed by atoms with Crippen molar-refractivity contribution < 1.29 is 18.8 Å². The zero-order valence-corrected chi connectivity index (χ0v) is 14.5. The van der Waals surface area contributed by atoms with Crippen LogP contribution in [0, 0.1) is 5.82 Å². The number of anilines is 1. The lowest BCUT2D eigenvalue weighted by molar-refractivity contribution is -0.133. The molecule has 134 valence electrons. The average Bonchev–Trinajstić information content (AvgIpc) is 2.82. The van der Waals surface area contributed by atoms with Crippen molar-refractivity contribution in [2.24, 2.45) is 0 Å². The van der Waals surface area contributed by atoms with Crippen LogP contribution in [0.5, 0.6) is 0 Å². The highest BCUT2D eigenvalue weighted by atomic mass is 35.5. The van der Waals surface area contributed by atoms with E-state index in [9.17, 15) is 18.8 Å². The van der Waals surface area contributed by atoms with E-state index in [1.807, 2.05) is 0 Å². The summed E-state index contributed by atoms with van der Waals surface area (Å²) in [6.07, 6.45) is 0. The van der Waals surface area contributed by atoms with E-state index in [-0.39, 0.29) is 10.7 Å². The van der Waals surface area contributed by atoms with Gasteiger partial charge in [0, 0.05) is 5.02 Å². The first-order chi connectivity index (χ1) is 12.3. The molecule has 8 heteroatoms. The highest BCUT2D eigenvalue weighted by molar-refractivity contribution is 6.30. The van der Waals surface area contributed by atoms with Crippen molar-refractivity contribution in [3.63, 3.8) is 0 Å². The molecule has 26 heavy (non-hydrogen) atoms. The van der Waals surface area contributed by atoms with Crippen molar-refractivity contribution in [2.75, 3.05) is 11.9 Å². The van der Waals surface area contributed by atoms with Gasteiger partial charge in [0.25, 0.3) is 5.91 Å². The molecule has 1 saturated heterocycles. The number of nitrogens with one attached hydrogen (secondary N) is 2. The number of urea groups is 1. The first kappa shape index (κ1) is 17.9. The van der Waals surface area contributed by atoms with E-state index in [2.05, 4.69) is 10.6 Å². The van der Waals surface area contributed by atoms with Gasteiger partial charge in [-0.2, -0.15) is 0 Å². The maximum absolute atomic E-state index is 13.8. The van der Waals surface area contributed by atoms with Gasteiger partial charge >= 0.3 is 6.03 Å². The number of benzene rings is 2. The van der Waals surface area contributed by atoms with E-state index in [1.165, 1.54) is 12.1 Å². The Balaban J connectivity index is 1.74. The second kappa shape index (κ2) is 6.76. The van der Waals surface area contributed by atoms with Gasteiger partial charge < -0.3 is 10.6 Å². The third-order valence-corrected chi connectivity index (χ3v) is 4.37. The Morgan fingerprint density at radius 3 is 2.58 bits per heavy atom. The summed E-state index contributed by atoms with van der Waals surface area (Å²) in [7, 11) is 0. The van der Waals surface area contributed by atoms with Crippen molar-refractivity contribution in [2.45, 2.75) is 12.5 Å². The molecule has 4 amide bonds. The summed E-state index contributed by atoms with van der Waals surface area (Å²) in [6, 6.07) is 11.8. The lowest BCUT2D eigenvalue weighted by Gasteiger charge is -2.22. The molecule has 0 aliphatic carbocycles. The van der Waals surface area contributed by atoms with Crippen LogP contribution in [-0.4, -0.2) is 29.3 Å². The van der Waals surface area contributed by atoms with Crippen molar-refractivity contribution in [1.82, 2.24) is 10.2 Å². The molecule has 1 atom stereocenters. The normalized spacial score (nSPS) is 19.4. The highest BCUT2D eigenvalue weighted by Crippen LogP contribution is 2.28. The van der Waals surface area contributed by atoms with Crippen LogP contribution >= 0.6 is 11.6 Å². The lowest BCUT2D eigenvalue weighted by atomic mass is 9.92. The number of halogens is 2. The standard InChI is InChI=1S/C18H15ClFN3O3/c1-18(11-5-3-2-4-6-11)16(25)23(17(26)22-18)10-15(24)21-14-8-7-12(19)9-13(14)20/h2-9H,10H2,1H3,(H,21,24)(H,22,26)/t18-/m1/s1. The predicted octanol–water partition coefficient (Wildman–Crippen LogP) is 2.88. The number of hydrogen-bond acceptors (Lipinski definition) is 3. The predicted molar refractivity (Wildman–Crippen MR) is 94.1 cm³/mol. The first-order valence-electron chi connectivity index (χ1n) is 7.76. The van der Waals surface area contributed by atoms with Gasteiger partial charge in [-0.3, -0.25) is 14.5 Å². The minimum absolute atomic E-state index is 0.0859. The van der Waals surface area contributed by atoms with Gasteiger partial charge in [-0.15, -0.1) is 0 Å². The smallest absolute Gasteiger partial charge is 0.322 e. The summed E-state index contributed by atoms with van der Waals surface area (Å²) in [5, 5.41) is 5.11. The zero-order chi connectivity index (χ0) is 18.9. The van der Waals surface area contributed by atoms with E-state index in [4.69, 9.17) is 11.6 Å². The minimum atomic E-state index is -1.26. The van der Waals surface area contributed by atoms with Gasteiger partial charge in [0.2, 0.25) is 5.91 Å². The summed E-state index contributed by atoms with van der Waals surface area (Å²) in [4.78, 5) is 37.9. The lowest BCUT2D eigenvalue weighted by Crippen LogP contribution is -2.42. The van der Waals surface area contributed by atoms with Crippen LogP contribution in [0.25, 0.3) is 0 Å². The number of amides is 4. The Hall–Kier alpha value is -2.93. The third-order valence-electron chi connectivity index (χ3n) is 4.13. The summed E-state index contributed by atoms with van der Waals surface area (Å²) in [5.74, 6) is -1.97. The molecule has 0 aromatic heterocycles.